The molecule has 1 aliphatic carbocycles. The van der Waals surface area contributed by atoms with Gasteiger partial charge in [-0.25, -0.2) is 0 Å². The van der Waals surface area contributed by atoms with Crippen LogP contribution in [-0.4, -0.2) is 83.5 Å². The summed E-state index contributed by atoms with van der Waals surface area (Å²) in [4.78, 5) is 41.9. The Bertz CT molecular complexity index is 1410. The van der Waals surface area contributed by atoms with Crippen molar-refractivity contribution in [2.24, 2.45) is 5.92 Å². The Morgan fingerprint density at radius 1 is 1.07 bits per heavy atom. The average molecular weight is 625 g/mol. The van der Waals surface area contributed by atoms with Gasteiger partial charge in [0.25, 0.3) is 0 Å². The van der Waals surface area contributed by atoms with Crippen LogP contribution in [0.4, 0.5) is 5.69 Å². The molecule has 3 atom stereocenters. The van der Waals surface area contributed by atoms with E-state index < -0.39 is 12.1 Å². The molecule has 1 heterocycles. The number of amides is 2. The van der Waals surface area contributed by atoms with E-state index in [1.165, 1.54) is 6.92 Å². The van der Waals surface area contributed by atoms with Crippen LogP contribution in [0.3, 0.4) is 0 Å². The SMILES string of the molecule is CCC(C)C(Nc1ccc2c(cc1=O)C(NC(C)=O)CCc1cc(OC)c(OC)c(OC)c1-2)C(=O)NCCCN1CCOCC1. The number of aryl methyl sites for hydroxylation is 1. The van der Waals surface area contributed by atoms with Crippen LogP contribution in [0, 0.1) is 5.92 Å². The highest BCUT2D eigenvalue weighted by molar-refractivity contribution is 5.86. The molecule has 0 radical (unpaired) electrons. The van der Waals surface area contributed by atoms with E-state index in [2.05, 4.69) is 20.9 Å². The second-order valence-corrected chi connectivity index (χ2v) is 11.7. The van der Waals surface area contributed by atoms with Crippen LogP contribution in [0.15, 0.2) is 29.1 Å². The molecule has 0 bridgehead atoms. The van der Waals surface area contributed by atoms with Gasteiger partial charge < -0.3 is 34.9 Å². The van der Waals surface area contributed by atoms with Gasteiger partial charge in [0.05, 0.1) is 46.3 Å². The number of benzene rings is 1. The summed E-state index contributed by atoms with van der Waals surface area (Å²) in [5, 5.41) is 9.39. The van der Waals surface area contributed by atoms with Gasteiger partial charge in [-0.15, -0.1) is 0 Å². The summed E-state index contributed by atoms with van der Waals surface area (Å²) in [5.41, 5.74) is 3.15. The molecule has 1 saturated heterocycles. The predicted octanol–water partition coefficient (Wildman–Crippen LogP) is 3.53. The van der Waals surface area contributed by atoms with Crippen LogP contribution in [0.25, 0.3) is 11.1 Å². The molecule has 11 nitrogen and oxygen atoms in total. The molecule has 45 heavy (non-hydrogen) atoms. The van der Waals surface area contributed by atoms with Crippen molar-refractivity contribution >= 4 is 17.5 Å². The molecule has 4 rings (SSSR count). The lowest BCUT2D eigenvalue weighted by Gasteiger charge is -2.27. The van der Waals surface area contributed by atoms with Crippen molar-refractivity contribution in [2.75, 3.05) is 66.0 Å². The molecule has 0 spiro atoms. The standard InChI is InChI=1S/C34H48N4O7/c1-7-21(2)31(34(41)35-13-8-14-38-15-17-45-18-16-38)37-27-12-10-24-25(20-28(27)40)26(36-22(3)39)11-9-23-19-29(42-4)32(43-5)33(44-6)30(23)24/h10,12,19-21,26,31H,7-9,11,13-18H2,1-6H3,(H,35,41)(H,36,39)(H,37,40). The Labute approximate surface area is 265 Å². The monoisotopic (exact) mass is 624 g/mol. The minimum atomic E-state index is -0.606. The van der Waals surface area contributed by atoms with Crippen molar-refractivity contribution in [3.05, 3.63) is 45.6 Å². The van der Waals surface area contributed by atoms with Gasteiger partial charge in [0.15, 0.2) is 11.5 Å². The number of morpholine rings is 1. The Hall–Kier alpha value is -3.83. The van der Waals surface area contributed by atoms with Gasteiger partial charge in [-0.2, -0.15) is 0 Å². The van der Waals surface area contributed by atoms with Gasteiger partial charge in [0, 0.05) is 32.1 Å². The van der Waals surface area contributed by atoms with E-state index in [1.54, 1.807) is 33.5 Å². The van der Waals surface area contributed by atoms with Gasteiger partial charge in [-0.3, -0.25) is 19.3 Å². The number of anilines is 1. The Kier molecular flexibility index (Phi) is 12.1. The second kappa shape index (κ2) is 15.9. The number of methoxy groups -OCH3 is 3. The lowest BCUT2D eigenvalue weighted by Crippen LogP contribution is -2.45. The lowest BCUT2D eigenvalue weighted by molar-refractivity contribution is -0.123. The smallest absolute Gasteiger partial charge is 0.242 e. The van der Waals surface area contributed by atoms with Crippen LogP contribution in [-0.2, 0) is 20.7 Å². The molecule has 2 aromatic carbocycles. The van der Waals surface area contributed by atoms with Crippen LogP contribution in [0.2, 0.25) is 0 Å². The topological polar surface area (TPSA) is 127 Å². The number of hydrogen-bond donors (Lipinski definition) is 3. The summed E-state index contributed by atoms with van der Waals surface area (Å²) in [6, 6.07) is 6.05. The molecule has 2 aliphatic rings. The zero-order valence-corrected chi connectivity index (χ0v) is 27.4. The molecule has 0 aromatic heterocycles. The highest BCUT2D eigenvalue weighted by atomic mass is 16.5. The van der Waals surface area contributed by atoms with Crippen molar-refractivity contribution in [1.82, 2.24) is 15.5 Å². The number of carbonyl (C=O) groups excluding carboxylic acids is 2. The number of nitrogens with one attached hydrogen (secondary N) is 3. The molecule has 0 saturated carbocycles. The first-order valence-corrected chi connectivity index (χ1v) is 15.8. The second-order valence-electron chi connectivity index (χ2n) is 11.7. The minimum absolute atomic E-state index is 0.0309. The van der Waals surface area contributed by atoms with Crippen LogP contribution in [0.1, 0.15) is 57.2 Å². The average Bonchev–Trinajstić information content (AvgIpc) is 3.28. The van der Waals surface area contributed by atoms with E-state index in [0.717, 1.165) is 62.4 Å². The van der Waals surface area contributed by atoms with Crippen molar-refractivity contribution in [3.63, 3.8) is 0 Å². The maximum Gasteiger partial charge on any atom is 0.242 e. The number of nitrogens with zero attached hydrogens (tertiary/aromatic N) is 1. The summed E-state index contributed by atoms with van der Waals surface area (Å²) in [6.07, 6.45) is 2.75. The molecular weight excluding hydrogens is 576 g/mol. The normalized spacial score (nSPS) is 17.5. The maximum atomic E-state index is 13.8. The van der Waals surface area contributed by atoms with Gasteiger partial charge in [0.2, 0.25) is 23.0 Å². The van der Waals surface area contributed by atoms with E-state index in [4.69, 9.17) is 18.9 Å². The van der Waals surface area contributed by atoms with Crippen molar-refractivity contribution in [3.8, 4) is 28.4 Å². The zero-order valence-electron chi connectivity index (χ0n) is 27.4. The first-order chi connectivity index (χ1) is 21.7. The van der Waals surface area contributed by atoms with Gasteiger partial charge >= 0.3 is 0 Å². The third-order valence-corrected chi connectivity index (χ3v) is 8.78. The number of ether oxygens (including phenoxy) is 4. The first-order valence-electron chi connectivity index (χ1n) is 15.8. The Morgan fingerprint density at radius 2 is 1.80 bits per heavy atom. The summed E-state index contributed by atoms with van der Waals surface area (Å²) in [5.74, 6) is 1.09. The van der Waals surface area contributed by atoms with E-state index in [1.807, 2.05) is 26.0 Å². The summed E-state index contributed by atoms with van der Waals surface area (Å²) in [6.45, 7) is 10.2. The summed E-state index contributed by atoms with van der Waals surface area (Å²) in [7, 11) is 4.69. The Morgan fingerprint density at radius 3 is 2.44 bits per heavy atom. The fourth-order valence-electron chi connectivity index (χ4n) is 6.15. The molecule has 2 amide bonds. The largest absolute Gasteiger partial charge is 0.493 e. The first kappa shape index (κ1) is 34.1. The molecule has 2 aromatic rings. The van der Waals surface area contributed by atoms with Crippen molar-refractivity contribution in [1.29, 1.82) is 0 Å². The van der Waals surface area contributed by atoms with Crippen LogP contribution in [0.5, 0.6) is 17.2 Å². The quantitative estimate of drug-likeness (QED) is 0.287. The van der Waals surface area contributed by atoms with Crippen LogP contribution >= 0.6 is 0 Å². The zero-order chi connectivity index (χ0) is 32.5. The van der Waals surface area contributed by atoms with Crippen molar-refractivity contribution in [2.45, 2.75) is 58.5 Å². The minimum Gasteiger partial charge on any atom is -0.493 e. The molecule has 1 fully saturated rings. The summed E-state index contributed by atoms with van der Waals surface area (Å²) >= 11 is 0. The highest BCUT2D eigenvalue weighted by Gasteiger charge is 2.30. The number of hydrogen-bond acceptors (Lipinski definition) is 9. The number of rotatable bonds is 13. The molecule has 1 aliphatic heterocycles. The van der Waals surface area contributed by atoms with Gasteiger partial charge in [0.1, 0.15) is 6.04 Å². The number of fused-ring (bicyclic) bond motifs is 3. The van der Waals surface area contributed by atoms with Crippen molar-refractivity contribution < 1.29 is 28.5 Å². The third-order valence-electron chi connectivity index (χ3n) is 8.78. The number of carbonyl (C=O) groups is 2. The fourth-order valence-corrected chi connectivity index (χ4v) is 6.15. The van der Waals surface area contributed by atoms with E-state index >= 15 is 0 Å². The van der Waals surface area contributed by atoms with Gasteiger partial charge in [-0.1, -0.05) is 26.3 Å². The third kappa shape index (κ3) is 8.07. The lowest BCUT2D eigenvalue weighted by atomic mass is 9.95. The van der Waals surface area contributed by atoms with Gasteiger partial charge in [-0.05, 0) is 66.6 Å². The maximum absolute atomic E-state index is 13.8. The van der Waals surface area contributed by atoms with E-state index in [0.29, 0.717) is 47.9 Å². The van der Waals surface area contributed by atoms with E-state index in [-0.39, 0.29) is 23.2 Å². The molecule has 3 N–H and O–H groups in total. The highest BCUT2D eigenvalue weighted by Crippen LogP contribution is 2.50. The molecule has 3 unspecified atom stereocenters. The van der Waals surface area contributed by atoms with Crippen LogP contribution < -0.4 is 35.6 Å². The molecular formula is C34H48N4O7. The molecule has 246 valence electrons. The Balaban J connectivity index is 1.70. The fraction of sp³-hybridized carbons (Fsp3) is 0.559. The molecule has 11 heteroatoms. The summed E-state index contributed by atoms with van der Waals surface area (Å²) < 4.78 is 22.6. The predicted molar refractivity (Wildman–Crippen MR) is 174 cm³/mol. The van der Waals surface area contributed by atoms with E-state index in [9.17, 15) is 14.4 Å².